The minimum Gasteiger partial charge on any atom is -0.390 e. The van der Waals surface area contributed by atoms with Gasteiger partial charge in [-0.3, -0.25) is 0 Å². The Morgan fingerprint density at radius 2 is 1.83 bits per heavy atom. The monoisotopic (exact) mass is 243 g/mol. The highest BCUT2D eigenvalue weighted by Gasteiger charge is 2.44. The first kappa shape index (κ1) is 11.6. The van der Waals surface area contributed by atoms with Crippen molar-refractivity contribution in [3.05, 3.63) is 35.4 Å². The van der Waals surface area contributed by atoms with E-state index in [9.17, 15) is 9.90 Å². The average Bonchev–Trinajstić information content (AvgIpc) is 3.28. The molecule has 0 amide bonds. The maximum Gasteiger partial charge on any atom is 0.235 e. The number of rotatable bonds is 5. The van der Waals surface area contributed by atoms with Crippen LogP contribution in [0, 0.1) is 0 Å². The van der Waals surface area contributed by atoms with Gasteiger partial charge in [0.25, 0.3) is 0 Å². The second kappa shape index (κ2) is 4.04. The summed E-state index contributed by atoms with van der Waals surface area (Å²) in [5, 5.41) is 9.80. The summed E-state index contributed by atoms with van der Waals surface area (Å²) in [6, 6.07) is 8.28. The molecule has 2 aliphatic rings. The van der Waals surface area contributed by atoms with Crippen LogP contribution in [0.4, 0.5) is 0 Å². The number of nitrogens with zero attached hydrogens (tertiary/aromatic N) is 1. The van der Waals surface area contributed by atoms with Gasteiger partial charge in [-0.05, 0) is 49.7 Å². The lowest BCUT2D eigenvalue weighted by atomic mass is 10.0. The van der Waals surface area contributed by atoms with E-state index in [0.717, 1.165) is 44.1 Å². The van der Waals surface area contributed by atoms with E-state index in [2.05, 4.69) is 29.3 Å². The van der Waals surface area contributed by atoms with Crippen molar-refractivity contribution in [2.45, 2.75) is 49.7 Å². The Bertz CT molecular complexity index is 492. The van der Waals surface area contributed by atoms with Gasteiger partial charge in [-0.2, -0.15) is 4.99 Å². The first-order valence-corrected chi connectivity index (χ1v) is 6.57. The van der Waals surface area contributed by atoms with E-state index in [4.69, 9.17) is 0 Å². The van der Waals surface area contributed by atoms with Crippen LogP contribution >= 0.6 is 0 Å². The van der Waals surface area contributed by atoms with Crippen molar-refractivity contribution >= 4 is 6.08 Å². The minimum absolute atomic E-state index is 0.269. The molecule has 1 N–H and O–H groups in total. The molecule has 0 unspecified atom stereocenters. The van der Waals surface area contributed by atoms with Crippen LogP contribution in [0.25, 0.3) is 0 Å². The van der Waals surface area contributed by atoms with E-state index in [1.54, 1.807) is 6.08 Å². The van der Waals surface area contributed by atoms with Gasteiger partial charge in [0.2, 0.25) is 6.08 Å². The van der Waals surface area contributed by atoms with Crippen LogP contribution in [0.1, 0.15) is 43.2 Å². The maximum atomic E-state index is 10.4. The Labute approximate surface area is 107 Å². The Morgan fingerprint density at radius 3 is 2.33 bits per heavy atom. The highest BCUT2D eigenvalue weighted by molar-refractivity contribution is 5.41. The third kappa shape index (κ3) is 2.24. The summed E-state index contributed by atoms with van der Waals surface area (Å²) in [6.45, 7) is 0. The molecular formula is C15H17NO2. The first-order chi connectivity index (χ1) is 8.66. The molecule has 2 aliphatic carbocycles. The van der Waals surface area contributed by atoms with Crippen LogP contribution in [-0.2, 0) is 16.8 Å². The minimum atomic E-state index is -0.377. The zero-order valence-electron chi connectivity index (χ0n) is 10.4. The molecule has 0 radical (unpaired) electrons. The molecule has 3 nitrogen and oxygen atoms in total. The summed E-state index contributed by atoms with van der Waals surface area (Å²) < 4.78 is 0. The number of hydrogen-bond acceptors (Lipinski definition) is 3. The highest BCUT2D eigenvalue weighted by atomic mass is 16.3. The fraction of sp³-hybridized carbons (Fsp3) is 0.533. The van der Waals surface area contributed by atoms with Crippen molar-refractivity contribution in [1.82, 2.24) is 0 Å². The van der Waals surface area contributed by atoms with Gasteiger partial charge >= 0.3 is 0 Å². The van der Waals surface area contributed by atoms with Gasteiger partial charge in [0, 0.05) is 0 Å². The molecule has 2 saturated carbocycles. The fourth-order valence-electron chi connectivity index (χ4n) is 2.42. The largest absolute Gasteiger partial charge is 0.390 e. The first-order valence-electron chi connectivity index (χ1n) is 6.57. The molecule has 0 aliphatic heterocycles. The van der Waals surface area contributed by atoms with Crippen LogP contribution in [0.2, 0.25) is 0 Å². The summed E-state index contributed by atoms with van der Waals surface area (Å²) in [5.41, 5.74) is 1.71. The Kier molecular flexibility index (Phi) is 2.61. The Balaban J connectivity index is 1.67. The van der Waals surface area contributed by atoms with E-state index in [1.807, 2.05) is 0 Å². The van der Waals surface area contributed by atoms with Crippen molar-refractivity contribution in [1.29, 1.82) is 0 Å². The van der Waals surface area contributed by atoms with Gasteiger partial charge in [-0.25, -0.2) is 4.79 Å². The number of benzene rings is 1. The molecule has 2 fully saturated rings. The number of isocyanates is 1. The molecule has 1 aromatic carbocycles. The molecule has 1 aromatic rings. The van der Waals surface area contributed by atoms with Gasteiger partial charge in [-0.15, -0.1) is 0 Å². The van der Waals surface area contributed by atoms with E-state index in [1.165, 1.54) is 5.56 Å². The predicted octanol–water partition coefficient (Wildman–Crippen LogP) is 2.47. The second-order valence-electron chi connectivity index (χ2n) is 5.66. The predicted molar refractivity (Wildman–Crippen MR) is 68.0 cm³/mol. The molecular weight excluding hydrogens is 226 g/mol. The summed E-state index contributed by atoms with van der Waals surface area (Å²) in [6.07, 6.45) is 7.23. The smallest absolute Gasteiger partial charge is 0.235 e. The normalized spacial score (nSPS) is 22.1. The lowest BCUT2D eigenvalue weighted by Gasteiger charge is -2.10. The van der Waals surface area contributed by atoms with Crippen molar-refractivity contribution in [3.8, 4) is 0 Å². The summed E-state index contributed by atoms with van der Waals surface area (Å²) in [5.74, 6) is 0. The highest BCUT2D eigenvalue weighted by Crippen LogP contribution is 2.49. The van der Waals surface area contributed by atoms with E-state index < -0.39 is 0 Å². The lowest BCUT2D eigenvalue weighted by Crippen LogP contribution is -2.08. The van der Waals surface area contributed by atoms with E-state index >= 15 is 0 Å². The quantitative estimate of drug-likeness (QED) is 0.638. The molecule has 0 heterocycles. The van der Waals surface area contributed by atoms with Crippen LogP contribution < -0.4 is 0 Å². The SMILES string of the molecule is O=C=NC1(c2ccc(CCC3(O)CC3)cc2)CC1. The molecule has 0 bridgehead atoms. The van der Waals surface area contributed by atoms with Gasteiger partial charge in [-0.1, -0.05) is 24.3 Å². The van der Waals surface area contributed by atoms with Crippen molar-refractivity contribution < 1.29 is 9.90 Å². The third-order valence-corrected chi connectivity index (χ3v) is 4.18. The van der Waals surface area contributed by atoms with Gasteiger partial charge in [0.15, 0.2) is 0 Å². The average molecular weight is 243 g/mol. The molecule has 94 valence electrons. The van der Waals surface area contributed by atoms with Gasteiger partial charge in [0.05, 0.1) is 11.1 Å². The van der Waals surface area contributed by atoms with Crippen molar-refractivity contribution in [3.63, 3.8) is 0 Å². The standard InChI is InChI=1S/C15H17NO2/c17-11-16-15(9-10-15)13-3-1-12(2-4-13)5-6-14(18)7-8-14/h1-4,18H,5-10H2. The van der Waals surface area contributed by atoms with Crippen LogP contribution in [0.5, 0.6) is 0 Å². The summed E-state index contributed by atoms with van der Waals surface area (Å²) >= 11 is 0. The number of hydrogen-bond donors (Lipinski definition) is 1. The summed E-state index contributed by atoms with van der Waals surface area (Å²) in [7, 11) is 0. The van der Waals surface area contributed by atoms with Crippen LogP contribution in [0.15, 0.2) is 29.3 Å². The molecule has 18 heavy (non-hydrogen) atoms. The molecule has 0 saturated heterocycles. The zero-order chi connectivity index (χ0) is 12.6. The molecule has 0 atom stereocenters. The molecule has 0 spiro atoms. The number of aryl methyl sites for hydroxylation is 1. The second-order valence-corrected chi connectivity index (χ2v) is 5.66. The maximum absolute atomic E-state index is 10.4. The van der Waals surface area contributed by atoms with Crippen LogP contribution in [-0.4, -0.2) is 16.8 Å². The number of aliphatic imine (C=N–C) groups is 1. The van der Waals surface area contributed by atoms with Crippen molar-refractivity contribution in [2.75, 3.05) is 0 Å². The third-order valence-electron chi connectivity index (χ3n) is 4.18. The van der Waals surface area contributed by atoms with E-state index in [0.29, 0.717) is 0 Å². The number of aliphatic hydroxyl groups is 1. The molecule has 3 heteroatoms. The van der Waals surface area contributed by atoms with Gasteiger partial charge < -0.3 is 5.11 Å². The number of carbonyl (C=O) groups excluding carboxylic acids is 1. The fourth-order valence-corrected chi connectivity index (χ4v) is 2.42. The Morgan fingerprint density at radius 1 is 1.17 bits per heavy atom. The van der Waals surface area contributed by atoms with Crippen LogP contribution in [0.3, 0.4) is 0 Å². The lowest BCUT2D eigenvalue weighted by molar-refractivity contribution is 0.140. The molecule has 3 rings (SSSR count). The Hall–Kier alpha value is -1.44. The summed E-state index contributed by atoms with van der Waals surface area (Å²) in [4.78, 5) is 14.3. The van der Waals surface area contributed by atoms with Crippen molar-refractivity contribution in [2.24, 2.45) is 4.99 Å². The van der Waals surface area contributed by atoms with E-state index in [-0.39, 0.29) is 11.1 Å². The topological polar surface area (TPSA) is 49.7 Å². The molecule has 0 aromatic heterocycles. The van der Waals surface area contributed by atoms with Gasteiger partial charge in [0.1, 0.15) is 0 Å². The zero-order valence-corrected chi connectivity index (χ0v) is 10.4.